The summed E-state index contributed by atoms with van der Waals surface area (Å²) in [5, 5.41) is 1.99. The van der Waals surface area contributed by atoms with Gasteiger partial charge in [0.15, 0.2) is 0 Å². The Morgan fingerprint density at radius 2 is 1.73 bits per heavy atom. The summed E-state index contributed by atoms with van der Waals surface area (Å²) in [5.41, 5.74) is -0.324. The summed E-state index contributed by atoms with van der Waals surface area (Å²) in [6.45, 7) is 1.05. The fourth-order valence-corrected chi connectivity index (χ4v) is 4.88. The first kappa shape index (κ1) is 25.1. The van der Waals surface area contributed by atoms with Gasteiger partial charge in [-0.1, -0.05) is 45.7 Å². The molecule has 174 valence electrons. The molecule has 3 rings (SSSR count). The van der Waals surface area contributed by atoms with Gasteiger partial charge in [0, 0.05) is 10.2 Å². The Balaban J connectivity index is 2.03. The number of sulfonamides is 1. The molecular weight excluding hydrogens is 545 g/mol. The van der Waals surface area contributed by atoms with E-state index in [2.05, 4.69) is 21.2 Å². The van der Waals surface area contributed by atoms with Gasteiger partial charge in [-0.2, -0.15) is 13.2 Å². The van der Waals surface area contributed by atoms with Crippen LogP contribution in [0, 0.1) is 6.92 Å². The Hall–Kier alpha value is -2.56. The molecule has 1 amide bonds. The quantitative estimate of drug-likeness (QED) is 0.386. The van der Waals surface area contributed by atoms with Crippen LogP contribution in [0.5, 0.6) is 0 Å². The number of amides is 1. The molecule has 11 heteroatoms. The predicted molar refractivity (Wildman–Crippen MR) is 125 cm³/mol. The summed E-state index contributed by atoms with van der Waals surface area (Å²) in [6, 6.07) is 14.8. The van der Waals surface area contributed by atoms with Gasteiger partial charge in [-0.15, -0.1) is 0 Å². The molecule has 33 heavy (non-hydrogen) atoms. The van der Waals surface area contributed by atoms with Gasteiger partial charge in [-0.25, -0.2) is 8.42 Å². The number of rotatable bonds is 6. The Bertz CT molecular complexity index is 1290. The van der Waals surface area contributed by atoms with Crippen LogP contribution in [0.1, 0.15) is 11.1 Å². The molecule has 0 fully saturated rings. The van der Waals surface area contributed by atoms with Gasteiger partial charge in [-0.3, -0.25) is 9.10 Å². The highest BCUT2D eigenvalue weighted by Crippen LogP contribution is 2.38. The first-order chi connectivity index (χ1) is 15.4. The van der Waals surface area contributed by atoms with E-state index >= 15 is 0 Å². The van der Waals surface area contributed by atoms with Crippen LogP contribution < -0.4 is 9.62 Å². The van der Waals surface area contributed by atoms with Crippen LogP contribution in [0.15, 0.2) is 76.1 Å². The lowest BCUT2D eigenvalue weighted by Gasteiger charge is -2.25. The molecule has 0 aliphatic heterocycles. The van der Waals surface area contributed by atoms with Crippen LogP contribution in [0.2, 0.25) is 5.02 Å². The van der Waals surface area contributed by atoms with E-state index in [1.807, 2.05) is 0 Å². The highest BCUT2D eigenvalue weighted by molar-refractivity contribution is 9.10. The van der Waals surface area contributed by atoms with Crippen molar-refractivity contribution in [3.8, 4) is 0 Å². The molecule has 0 heterocycles. The van der Waals surface area contributed by atoms with Gasteiger partial charge >= 0.3 is 6.18 Å². The molecule has 0 aromatic heterocycles. The summed E-state index contributed by atoms with van der Waals surface area (Å²) < 4.78 is 68.2. The number of aryl methyl sites for hydroxylation is 1. The largest absolute Gasteiger partial charge is 0.417 e. The number of anilines is 2. The smallest absolute Gasteiger partial charge is 0.325 e. The van der Waals surface area contributed by atoms with Crippen molar-refractivity contribution in [2.75, 3.05) is 16.2 Å². The van der Waals surface area contributed by atoms with Crippen molar-refractivity contribution in [1.29, 1.82) is 0 Å². The molecule has 0 unspecified atom stereocenters. The van der Waals surface area contributed by atoms with E-state index in [9.17, 15) is 26.4 Å². The topological polar surface area (TPSA) is 66.5 Å². The summed E-state index contributed by atoms with van der Waals surface area (Å²) in [5.74, 6) is -0.736. The maximum atomic E-state index is 13.4. The zero-order valence-corrected chi connectivity index (χ0v) is 20.2. The Morgan fingerprint density at radius 1 is 1.06 bits per heavy atom. The van der Waals surface area contributed by atoms with Crippen LogP contribution in [-0.2, 0) is 21.0 Å². The van der Waals surface area contributed by atoms with Gasteiger partial charge in [0.05, 0.1) is 21.2 Å². The number of nitrogens with zero attached hydrogens (tertiary/aromatic N) is 1. The normalized spacial score (nSPS) is 11.8. The number of carbonyl (C=O) groups is 1. The van der Waals surface area contributed by atoms with Crippen molar-refractivity contribution in [2.45, 2.75) is 18.0 Å². The summed E-state index contributed by atoms with van der Waals surface area (Å²) in [6.07, 6.45) is -4.81. The fourth-order valence-electron chi connectivity index (χ4n) is 2.97. The molecule has 0 aliphatic carbocycles. The van der Waals surface area contributed by atoms with Crippen LogP contribution in [0.3, 0.4) is 0 Å². The maximum Gasteiger partial charge on any atom is 0.417 e. The molecule has 3 aromatic rings. The minimum absolute atomic E-state index is 0.180. The fraction of sp³-hybridized carbons (Fsp3) is 0.136. The number of halogens is 5. The van der Waals surface area contributed by atoms with Gasteiger partial charge in [0.1, 0.15) is 6.54 Å². The predicted octanol–water partition coefficient (Wildman–Crippen LogP) is 6.26. The Labute approximate surface area is 202 Å². The summed E-state index contributed by atoms with van der Waals surface area (Å²) in [7, 11) is -4.38. The van der Waals surface area contributed by atoms with Crippen molar-refractivity contribution in [3.05, 3.63) is 87.4 Å². The van der Waals surface area contributed by atoms with Gasteiger partial charge in [0.2, 0.25) is 5.91 Å². The molecule has 0 radical (unpaired) electrons. The first-order valence-corrected chi connectivity index (χ1v) is 12.0. The third-order valence-electron chi connectivity index (χ3n) is 4.60. The lowest BCUT2D eigenvalue weighted by atomic mass is 10.2. The lowest BCUT2D eigenvalue weighted by molar-refractivity contribution is -0.137. The second-order valence-electron chi connectivity index (χ2n) is 7.00. The zero-order valence-electron chi connectivity index (χ0n) is 17.0. The summed E-state index contributed by atoms with van der Waals surface area (Å²) >= 11 is 9.03. The van der Waals surface area contributed by atoms with Gasteiger partial charge < -0.3 is 5.32 Å². The van der Waals surface area contributed by atoms with Crippen LogP contribution in [-0.4, -0.2) is 20.9 Å². The molecule has 3 aromatic carbocycles. The standard InChI is InChI=1S/C22H17BrClF3N2O3S/c1-14-11-15(7-9-19(14)23)28-21(30)13-29(33(31,32)17-5-3-2-4-6-17)16-8-10-20(24)18(12-16)22(25,26)27/h2-12H,13H2,1H3,(H,28,30). The highest BCUT2D eigenvalue weighted by atomic mass is 79.9. The van der Waals surface area contributed by atoms with E-state index in [1.165, 1.54) is 24.3 Å². The van der Waals surface area contributed by atoms with Crippen LogP contribution >= 0.6 is 27.5 Å². The van der Waals surface area contributed by atoms with E-state index in [1.54, 1.807) is 31.2 Å². The average molecular weight is 562 g/mol. The van der Waals surface area contributed by atoms with Crippen LogP contribution in [0.4, 0.5) is 24.5 Å². The number of carbonyl (C=O) groups excluding carboxylic acids is 1. The number of alkyl halides is 3. The number of benzene rings is 3. The second-order valence-corrected chi connectivity index (χ2v) is 10.1. The minimum Gasteiger partial charge on any atom is -0.325 e. The molecule has 5 nitrogen and oxygen atoms in total. The average Bonchev–Trinajstić information content (AvgIpc) is 2.75. The zero-order chi connectivity index (χ0) is 24.4. The number of hydrogen-bond acceptors (Lipinski definition) is 3. The van der Waals surface area contributed by atoms with Crippen molar-refractivity contribution < 1.29 is 26.4 Å². The Kier molecular flexibility index (Phi) is 7.40. The van der Waals surface area contributed by atoms with Gasteiger partial charge in [-0.05, 0) is 61.0 Å². The summed E-state index contributed by atoms with van der Waals surface area (Å²) in [4.78, 5) is 12.6. The maximum absolute atomic E-state index is 13.4. The molecule has 0 spiro atoms. The first-order valence-electron chi connectivity index (χ1n) is 9.40. The molecule has 0 bridgehead atoms. The van der Waals surface area contributed by atoms with E-state index in [4.69, 9.17) is 11.6 Å². The van der Waals surface area contributed by atoms with E-state index < -0.39 is 39.2 Å². The molecule has 0 atom stereocenters. The van der Waals surface area contributed by atoms with Gasteiger partial charge in [0.25, 0.3) is 10.0 Å². The van der Waals surface area contributed by atoms with E-state index in [0.29, 0.717) is 16.1 Å². The van der Waals surface area contributed by atoms with Crippen molar-refractivity contribution in [1.82, 2.24) is 0 Å². The third kappa shape index (κ3) is 5.87. The molecule has 0 saturated heterocycles. The van der Waals surface area contributed by atoms with Crippen molar-refractivity contribution >= 4 is 54.8 Å². The Morgan fingerprint density at radius 3 is 2.33 bits per heavy atom. The number of hydrogen-bond donors (Lipinski definition) is 1. The molecule has 0 saturated carbocycles. The molecular formula is C22H17BrClF3N2O3S. The minimum atomic E-state index is -4.81. The van der Waals surface area contributed by atoms with Crippen molar-refractivity contribution in [3.63, 3.8) is 0 Å². The SMILES string of the molecule is Cc1cc(NC(=O)CN(c2ccc(Cl)c(C(F)(F)F)c2)S(=O)(=O)c2ccccc2)ccc1Br. The van der Waals surface area contributed by atoms with Crippen molar-refractivity contribution in [2.24, 2.45) is 0 Å². The lowest BCUT2D eigenvalue weighted by Crippen LogP contribution is -2.38. The second kappa shape index (κ2) is 9.74. The van der Waals surface area contributed by atoms with E-state index in [-0.39, 0.29) is 10.6 Å². The molecule has 1 N–H and O–H groups in total. The van der Waals surface area contributed by atoms with Crippen LogP contribution in [0.25, 0.3) is 0 Å². The van der Waals surface area contributed by atoms with E-state index in [0.717, 1.165) is 22.2 Å². The monoisotopic (exact) mass is 560 g/mol. The molecule has 0 aliphatic rings. The number of nitrogens with one attached hydrogen (secondary N) is 1. The highest BCUT2D eigenvalue weighted by Gasteiger charge is 2.35. The third-order valence-corrected chi connectivity index (χ3v) is 7.61.